The van der Waals surface area contributed by atoms with Gasteiger partial charge in [-0.15, -0.1) is 0 Å². The first-order valence-corrected chi connectivity index (χ1v) is 6.30. The van der Waals surface area contributed by atoms with Crippen LogP contribution < -0.4 is 0 Å². The molecule has 17 heavy (non-hydrogen) atoms. The number of Topliss-reactive ketones (excluding diaryl/α,β-unsaturated/α-hetero) is 1. The van der Waals surface area contributed by atoms with Crippen molar-refractivity contribution in [1.29, 1.82) is 0 Å². The lowest BCUT2D eigenvalue weighted by Gasteiger charge is -2.19. The van der Waals surface area contributed by atoms with Crippen LogP contribution in [0.2, 0.25) is 0 Å². The van der Waals surface area contributed by atoms with Crippen molar-refractivity contribution < 1.29 is 9.90 Å². The smallest absolute Gasteiger partial charge is 0.191 e. The predicted molar refractivity (Wildman–Crippen MR) is 70.3 cm³/mol. The Balaban J connectivity index is 2.99. The molecule has 0 heterocycles. The molecule has 0 spiro atoms. The first kappa shape index (κ1) is 13.9. The molecule has 0 radical (unpaired) electrons. The third-order valence-corrected chi connectivity index (χ3v) is 3.42. The van der Waals surface area contributed by atoms with Crippen LogP contribution in [0, 0.1) is 19.8 Å². The van der Waals surface area contributed by atoms with Gasteiger partial charge < -0.3 is 5.11 Å². The summed E-state index contributed by atoms with van der Waals surface area (Å²) in [6.07, 6.45) is 0.785. The van der Waals surface area contributed by atoms with E-state index in [1.54, 1.807) is 0 Å². The van der Waals surface area contributed by atoms with Crippen LogP contribution in [0.4, 0.5) is 0 Å². The number of carbonyl (C=O) groups excluding carboxylic acids is 1. The van der Waals surface area contributed by atoms with E-state index in [0.717, 1.165) is 24.0 Å². The Bertz CT molecular complexity index is 392. The van der Waals surface area contributed by atoms with Crippen molar-refractivity contribution >= 4 is 5.78 Å². The number of aliphatic hydroxyl groups is 1. The molecule has 0 aliphatic heterocycles. The highest BCUT2D eigenvalue weighted by Crippen LogP contribution is 2.20. The average Bonchev–Trinajstić information content (AvgIpc) is 2.32. The summed E-state index contributed by atoms with van der Waals surface area (Å²) in [7, 11) is 0. The van der Waals surface area contributed by atoms with E-state index in [4.69, 9.17) is 0 Å². The maximum atomic E-state index is 12.2. The maximum absolute atomic E-state index is 12.2. The van der Waals surface area contributed by atoms with Gasteiger partial charge in [0.15, 0.2) is 5.78 Å². The van der Waals surface area contributed by atoms with Gasteiger partial charge in [-0.1, -0.05) is 44.4 Å². The molecule has 1 aromatic carbocycles. The van der Waals surface area contributed by atoms with E-state index in [0.29, 0.717) is 5.56 Å². The highest BCUT2D eigenvalue weighted by Gasteiger charge is 2.25. The molecule has 0 aliphatic carbocycles. The Labute approximate surface area is 104 Å². The lowest BCUT2D eigenvalue weighted by molar-refractivity contribution is 0.0587. The zero-order valence-electron chi connectivity index (χ0n) is 11.2. The molecule has 1 atom stereocenters. The Hall–Kier alpha value is -1.15. The van der Waals surface area contributed by atoms with Crippen LogP contribution in [0.15, 0.2) is 18.2 Å². The Morgan fingerprint density at radius 3 is 2.35 bits per heavy atom. The molecule has 0 saturated heterocycles. The summed E-state index contributed by atoms with van der Waals surface area (Å²) in [5, 5.41) is 10.1. The number of aryl methyl sites for hydroxylation is 2. The topological polar surface area (TPSA) is 37.3 Å². The van der Waals surface area contributed by atoms with Gasteiger partial charge in [0.05, 0.1) is 0 Å². The lowest BCUT2D eigenvalue weighted by Crippen LogP contribution is -2.29. The molecule has 0 fully saturated rings. The number of rotatable bonds is 5. The summed E-state index contributed by atoms with van der Waals surface area (Å²) in [5.41, 5.74) is 2.64. The Morgan fingerprint density at radius 2 is 1.82 bits per heavy atom. The molecule has 0 bridgehead atoms. The van der Waals surface area contributed by atoms with E-state index in [-0.39, 0.29) is 11.7 Å². The molecule has 0 amide bonds. The summed E-state index contributed by atoms with van der Waals surface area (Å²) in [6.45, 7) is 7.88. The SMILES string of the molecule is CCC(CC)C(O)C(=O)c1cc(C)ccc1C. The third kappa shape index (κ3) is 3.16. The van der Waals surface area contributed by atoms with Crippen LogP contribution in [-0.2, 0) is 0 Å². The van der Waals surface area contributed by atoms with E-state index in [1.165, 1.54) is 0 Å². The van der Waals surface area contributed by atoms with Crippen LogP contribution in [0.25, 0.3) is 0 Å². The van der Waals surface area contributed by atoms with E-state index < -0.39 is 6.10 Å². The second-order valence-electron chi connectivity index (χ2n) is 4.70. The zero-order chi connectivity index (χ0) is 13.0. The molecule has 0 saturated carbocycles. The molecule has 1 unspecified atom stereocenters. The number of ketones is 1. The van der Waals surface area contributed by atoms with Crippen molar-refractivity contribution in [2.75, 3.05) is 0 Å². The second-order valence-corrected chi connectivity index (χ2v) is 4.70. The fraction of sp³-hybridized carbons (Fsp3) is 0.533. The van der Waals surface area contributed by atoms with Crippen molar-refractivity contribution in [3.05, 3.63) is 34.9 Å². The summed E-state index contributed by atoms with van der Waals surface area (Å²) < 4.78 is 0. The molecule has 2 nitrogen and oxygen atoms in total. The zero-order valence-corrected chi connectivity index (χ0v) is 11.2. The van der Waals surface area contributed by atoms with Crippen molar-refractivity contribution in [2.45, 2.75) is 46.6 Å². The van der Waals surface area contributed by atoms with Crippen LogP contribution >= 0.6 is 0 Å². The van der Waals surface area contributed by atoms with Crippen LogP contribution in [0.3, 0.4) is 0 Å². The molecule has 0 aromatic heterocycles. The van der Waals surface area contributed by atoms with E-state index in [9.17, 15) is 9.90 Å². The summed E-state index contributed by atoms with van der Waals surface area (Å²) in [5.74, 6) is -0.0812. The molecule has 94 valence electrons. The van der Waals surface area contributed by atoms with Gasteiger partial charge in [-0.25, -0.2) is 0 Å². The second kappa shape index (κ2) is 5.97. The van der Waals surface area contributed by atoms with Crippen molar-refractivity contribution in [3.8, 4) is 0 Å². The fourth-order valence-corrected chi connectivity index (χ4v) is 2.11. The van der Waals surface area contributed by atoms with Crippen molar-refractivity contribution in [3.63, 3.8) is 0 Å². The number of aliphatic hydroxyl groups excluding tert-OH is 1. The molecule has 1 rings (SSSR count). The van der Waals surface area contributed by atoms with Gasteiger partial charge >= 0.3 is 0 Å². The van der Waals surface area contributed by atoms with Gasteiger partial charge in [-0.3, -0.25) is 4.79 Å². The van der Waals surface area contributed by atoms with Gasteiger partial charge in [-0.2, -0.15) is 0 Å². The molecular weight excluding hydrogens is 212 g/mol. The maximum Gasteiger partial charge on any atom is 0.191 e. The summed E-state index contributed by atoms with van der Waals surface area (Å²) in [4.78, 5) is 12.2. The van der Waals surface area contributed by atoms with Crippen LogP contribution in [-0.4, -0.2) is 17.0 Å². The fourth-order valence-electron chi connectivity index (χ4n) is 2.11. The number of carbonyl (C=O) groups is 1. The largest absolute Gasteiger partial charge is 0.385 e. The van der Waals surface area contributed by atoms with E-state index in [2.05, 4.69) is 0 Å². The van der Waals surface area contributed by atoms with Gasteiger partial charge in [0.1, 0.15) is 6.10 Å². The Morgan fingerprint density at radius 1 is 1.24 bits per heavy atom. The minimum Gasteiger partial charge on any atom is -0.385 e. The van der Waals surface area contributed by atoms with Gasteiger partial charge in [0.25, 0.3) is 0 Å². The van der Waals surface area contributed by atoms with Crippen LogP contribution in [0.1, 0.15) is 48.2 Å². The number of benzene rings is 1. The Kier molecular flexibility index (Phi) is 4.88. The minimum absolute atomic E-state index is 0.0578. The molecule has 2 heteroatoms. The first-order chi connectivity index (χ1) is 8.01. The third-order valence-electron chi connectivity index (χ3n) is 3.42. The normalized spacial score (nSPS) is 12.8. The van der Waals surface area contributed by atoms with Gasteiger partial charge in [-0.05, 0) is 31.4 Å². The molecule has 0 aliphatic rings. The van der Waals surface area contributed by atoms with E-state index in [1.807, 2.05) is 45.9 Å². The monoisotopic (exact) mass is 234 g/mol. The predicted octanol–water partition coefficient (Wildman–Crippen LogP) is 3.28. The van der Waals surface area contributed by atoms with Crippen molar-refractivity contribution in [1.82, 2.24) is 0 Å². The van der Waals surface area contributed by atoms with Gasteiger partial charge in [0, 0.05) is 5.56 Å². The average molecular weight is 234 g/mol. The van der Waals surface area contributed by atoms with E-state index >= 15 is 0 Å². The first-order valence-electron chi connectivity index (χ1n) is 6.30. The summed E-state index contributed by atoms with van der Waals surface area (Å²) in [6, 6.07) is 5.78. The summed E-state index contributed by atoms with van der Waals surface area (Å²) >= 11 is 0. The number of hydrogen-bond donors (Lipinski definition) is 1. The molecule has 1 aromatic rings. The highest BCUT2D eigenvalue weighted by atomic mass is 16.3. The van der Waals surface area contributed by atoms with Crippen molar-refractivity contribution in [2.24, 2.45) is 5.92 Å². The standard InChI is InChI=1S/C15H22O2/c1-5-12(6-2)14(16)15(17)13-9-10(3)7-8-11(13)4/h7-9,12,14,16H,5-6H2,1-4H3. The quantitative estimate of drug-likeness (QED) is 0.794. The lowest BCUT2D eigenvalue weighted by atomic mass is 9.89. The molecular formula is C15H22O2. The molecule has 1 N–H and O–H groups in total. The minimum atomic E-state index is -0.870. The van der Waals surface area contributed by atoms with Gasteiger partial charge in [0.2, 0.25) is 0 Å². The van der Waals surface area contributed by atoms with Crippen LogP contribution in [0.5, 0.6) is 0 Å². The highest BCUT2D eigenvalue weighted by molar-refractivity contribution is 6.00. The number of hydrogen-bond acceptors (Lipinski definition) is 2.